The number of anilines is 1. The summed E-state index contributed by atoms with van der Waals surface area (Å²) in [5, 5.41) is 0. The summed E-state index contributed by atoms with van der Waals surface area (Å²) < 4.78 is 17.0. The second kappa shape index (κ2) is 9.39. The number of carbonyl (C=O) groups excluding carboxylic acids is 1. The predicted octanol–water partition coefficient (Wildman–Crippen LogP) is 5.10. The molecule has 0 N–H and O–H groups in total. The van der Waals surface area contributed by atoms with Crippen molar-refractivity contribution in [2.45, 2.75) is 13.3 Å². The summed E-state index contributed by atoms with van der Waals surface area (Å²) in [6, 6.07) is 23.4. The molecule has 0 atom stereocenters. The number of hydrogen-bond donors (Lipinski definition) is 0. The zero-order valence-electron chi connectivity index (χ0n) is 17.7. The second-order valence-corrected chi connectivity index (χ2v) is 7.22. The molecule has 0 bridgehead atoms. The number of rotatable bonds is 7. The van der Waals surface area contributed by atoms with Crippen molar-refractivity contribution in [3.8, 4) is 17.2 Å². The van der Waals surface area contributed by atoms with E-state index in [1.165, 1.54) is 0 Å². The van der Waals surface area contributed by atoms with Gasteiger partial charge in [0.05, 0.1) is 12.8 Å². The third-order valence-electron chi connectivity index (χ3n) is 5.08. The standard InChI is InChI=1S/C26H25NO4/c1-19(28)27-22(18-21-8-6-7-11-24(21)27)16-20-12-13-25(26(17-20)29-2)31-15-14-30-23-9-4-3-5-10-23/h3-13,16-17H,14-15,18H2,1-2H3. The molecule has 1 aliphatic rings. The summed E-state index contributed by atoms with van der Waals surface area (Å²) in [4.78, 5) is 14.0. The van der Waals surface area contributed by atoms with E-state index in [1.807, 2.05) is 72.8 Å². The van der Waals surface area contributed by atoms with E-state index in [0.29, 0.717) is 31.1 Å². The maximum Gasteiger partial charge on any atom is 0.228 e. The van der Waals surface area contributed by atoms with E-state index in [2.05, 4.69) is 6.07 Å². The van der Waals surface area contributed by atoms with Crippen LogP contribution in [0.5, 0.6) is 17.2 Å². The van der Waals surface area contributed by atoms with Gasteiger partial charge in [0, 0.05) is 19.0 Å². The Balaban J connectivity index is 1.46. The van der Waals surface area contributed by atoms with Gasteiger partial charge in [-0.2, -0.15) is 0 Å². The van der Waals surface area contributed by atoms with E-state index >= 15 is 0 Å². The lowest BCUT2D eigenvalue weighted by Gasteiger charge is -2.17. The average molecular weight is 415 g/mol. The van der Waals surface area contributed by atoms with Gasteiger partial charge < -0.3 is 14.2 Å². The van der Waals surface area contributed by atoms with Crippen molar-refractivity contribution in [1.29, 1.82) is 0 Å². The van der Waals surface area contributed by atoms with Crippen LogP contribution in [0.25, 0.3) is 6.08 Å². The Morgan fingerprint density at radius 3 is 2.45 bits per heavy atom. The van der Waals surface area contributed by atoms with E-state index in [-0.39, 0.29) is 5.91 Å². The maximum absolute atomic E-state index is 12.3. The number of benzene rings is 3. The summed E-state index contributed by atoms with van der Waals surface area (Å²) >= 11 is 0. The van der Waals surface area contributed by atoms with Crippen LogP contribution in [0.4, 0.5) is 5.69 Å². The number of nitrogens with zero attached hydrogens (tertiary/aromatic N) is 1. The van der Waals surface area contributed by atoms with Gasteiger partial charge in [0.2, 0.25) is 5.91 Å². The average Bonchev–Trinajstić information content (AvgIpc) is 3.16. The molecule has 0 saturated heterocycles. The van der Waals surface area contributed by atoms with E-state index in [0.717, 1.165) is 28.3 Å². The molecule has 0 fully saturated rings. The number of hydrogen-bond acceptors (Lipinski definition) is 4. The number of fused-ring (bicyclic) bond motifs is 1. The molecule has 1 aliphatic heterocycles. The van der Waals surface area contributed by atoms with Crippen molar-refractivity contribution in [3.05, 3.63) is 89.6 Å². The number of allylic oxidation sites excluding steroid dienone is 1. The van der Waals surface area contributed by atoms with Crippen LogP contribution >= 0.6 is 0 Å². The van der Waals surface area contributed by atoms with Gasteiger partial charge in [-0.1, -0.05) is 42.5 Å². The molecule has 31 heavy (non-hydrogen) atoms. The fraction of sp³-hybridized carbons (Fsp3) is 0.192. The van der Waals surface area contributed by atoms with Gasteiger partial charge in [-0.15, -0.1) is 0 Å². The molecule has 5 heteroatoms. The lowest BCUT2D eigenvalue weighted by molar-refractivity contribution is -0.116. The zero-order valence-corrected chi connectivity index (χ0v) is 17.7. The van der Waals surface area contributed by atoms with E-state index in [9.17, 15) is 4.79 Å². The second-order valence-electron chi connectivity index (χ2n) is 7.22. The fourth-order valence-corrected chi connectivity index (χ4v) is 3.71. The molecule has 158 valence electrons. The fourth-order valence-electron chi connectivity index (χ4n) is 3.71. The largest absolute Gasteiger partial charge is 0.493 e. The van der Waals surface area contributed by atoms with Crippen molar-refractivity contribution in [3.63, 3.8) is 0 Å². The first-order chi connectivity index (χ1) is 15.2. The maximum atomic E-state index is 12.3. The molecule has 3 aromatic rings. The van der Waals surface area contributed by atoms with Crippen LogP contribution in [0, 0.1) is 0 Å². The lowest BCUT2D eigenvalue weighted by Crippen LogP contribution is -2.24. The first-order valence-electron chi connectivity index (χ1n) is 10.2. The summed E-state index contributed by atoms with van der Waals surface area (Å²) in [5.74, 6) is 2.10. The Bertz CT molecular complexity index is 1090. The SMILES string of the molecule is COc1cc(C=C2Cc3ccccc3N2C(C)=O)ccc1OCCOc1ccccc1. The van der Waals surface area contributed by atoms with Crippen molar-refractivity contribution in [2.24, 2.45) is 0 Å². The monoisotopic (exact) mass is 415 g/mol. The molecular formula is C26H25NO4. The lowest BCUT2D eigenvalue weighted by atomic mass is 10.1. The highest BCUT2D eigenvalue weighted by Crippen LogP contribution is 2.36. The first kappa shape index (κ1) is 20.5. The molecule has 1 heterocycles. The highest BCUT2D eigenvalue weighted by Gasteiger charge is 2.26. The van der Waals surface area contributed by atoms with Crippen LogP contribution < -0.4 is 19.1 Å². The number of para-hydroxylation sites is 2. The number of amides is 1. The summed E-state index contributed by atoms with van der Waals surface area (Å²) in [7, 11) is 1.62. The van der Waals surface area contributed by atoms with Crippen LogP contribution in [0.1, 0.15) is 18.1 Å². The van der Waals surface area contributed by atoms with Crippen molar-refractivity contribution < 1.29 is 19.0 Å². The Kier molecular flexibility index (Phi) is 6.22. The number of ether oxygens (including phenoxy) is 3. The van der Waals surface area contributed by atoms with Crippen LogP contribution in [-0.2, 0) is 11.2 Å². The molecule has 3 aromatic carbocycles. The molecule has 0 aliphatic carbocycles. The van der Waals surface area contributed by atoms with Gasteiger partial charge in [0.1, 0.15) is 19.0 Å². The molecular weight excluding hydrogens is 390 g/mol. The summed E-state index contributed by atoms with van der Waals surface area (Å²) in [6.45, 7) is 2.43. The molecule has 0 aromatic heterocycles. The minimum absolute atomic E-state index is 0.00142. The van der Waals surface area contributed by atoms with E-state index in [1.54, 1.807) is 18.9 Å². The summed E-state index contributed by atoms with van der Waals surface area (Å²) in [5.41, 5.74) is 3.99. The molecule has 4 rings (SSSR count). The third-order valence-corrected chi connectivity index (χ3v) is 5.08. The van der Waals surface area contributed by atoms with Crippen molar-refractivity contribution in [2.75, 3.05) is 25.2 Å². The van der Waals surface area contributed by atoms with Gasteiger partial charge in [0.15, 0.2) is 11.5 Å². The Morgan fingerprint density at radius 1 is 0.935 bits per heavy atom. The van der Waals surface area contributed by atoms with E-state index < -0.39 is 0 Å². The van der Waals surface area contributed by atoms with Gasteiger partial charge >= 0.3 is 0 Å². The minimum Gasteiger partial charge on any atom is -0.493 e. The van der Waals surface area contributed by atoms with E-state index in [4.69, 9.17) is 14.2 Å². The highest BCUT2D eigenvalue weighted by atomic mass is 16.5. The van der Waals surface area contributed by atoms with Gasteiger partial charge in [0.25, 0.3) is 0 Å². The van der Waals surface area contributed by atoms with Crippen LogP contribution in [0.15, 0.2) is 78.5 Å². The van der Waals surface area contributed by atoms with Crippen LogP contribution in [0.3, 0.4) is 0 Å². The normalized spacial score (nSPS) is 13.7. The van der Waals surface area contributed by atoms with Crippen LogP contribution in [0.2, 0.25) is 0 Å². The first-order valence-corrected chi connectivity index (χ1v) is 10.2. The minimum atomic E-state index is 0.00142. The van der Waals surface area contributed by atoms with Crippen molar-refractivity contribution in [1.82, 2.24) is 0 Å². The van der Waals surface area contributed by atoms with Crippen molar-refractivity contribution >= 4 is 17.7 Å². The quantitative estimate of drug-likeness (QED) is 0.504. The molecule has 0 spiro atoms. The number of methoxy groups -OCH3 is 1. The Labute approximate surface area is 182 Å². The third kappa shape index (κ3) is 4.72. The van der Waals surface area contributed by atoms with Gasteiger partial charge in [-0.25, -0.2) is 0 Å². The zero-order chi connectivity index (χ0) is 21.6. The molecule has 0 saturated carbocycles. The van der Waals surface area contributed by atoms with Gasteiger partial charge in [-0.05, 0) is 47.5 Å². The van der Waals surface area contributed by atoms with Crippen LogP contribution in [-0.4, -0.2) is 26.2 Å². The molecule has 5 nitrogen and oxygen atoms in total. The topological polar surface area (TPSA) is 48.0 Å². The van der Waals surface area contributed by atoms with Gasteiger partial charge in [-0.3, -0.25) is 9.69 Å². The highest BCUT2D eigenvalue weighted by molar-refractivity contribution is 5.99. The number of carbonyl (C=O) groups is 1. The predicted molar refractivity (Wildman–Crippen MR) is 122 cm³/mol. The smallest absolute Gasteiger partial charge is 0.228 e. The molecule has 0 unspecified atom stereocenters. The summed E-state index contributed by atoms with van der Waals surface area (Å²) in [6.07, 6.45) is 2.74. The molecule has 1 amide bonds. The molecule has 0 radical (unpaired) electrons. The Hall–Kier alpha value is -3.73. The Morgan fingerprint density at radius 2 is 1.68 bits per heavy atom.